The van der Waals surface area contributed by atoms with Gasteiger partial charge in [0.2, 0.25) is 0 Å². The highest BCUT2D eigenvalue weighted by atomic mass is 19.1. The lowest BCUT2D eigenvalue weighted by Gasteiger charge is -2.03. The summed E-state index contributed by atoms with van der Waals surface area (Å²) >= 11 is 0. The van der Waals surface area contributed by atoms with E-state index in [4.69, 9.17) is 9.15 Å². The van der Waals surface area contributed by atoms with Crippen LogP contribution in [0.3, 0.4) is 0 Å². The fourth-order valence-corrected chi connectivity index (χ4v) is 1.41. The molecule has 2 rings (SSSR count). The summed E-state index contributed by atoms with van der Waals surface area (Å²) < 4.78 is 23.3. The van der Waals surface area contributed by atoms with Crippen LogP contribution in [0.4, 0.5) is 4.39 Å². The van der Waals surface area contributed by atoms with Gasteiger partial charge in [-0.15, -0.1) is 0 Å². The van der Waals surface area contributed by atoms with E-state index in [9.17, 15) is 9.18 Å². The van der Waals surface area contributed by atoms with Crippen molar-refractivity contribution < 1.29 is 23.2 Å². The Bertz CT molecular complexity index is 550. The summed E-state index contributed by atoms with van der Waals surface area (Å²) in [6.07, 6.45) is 0. The van der Waals surface area contributed by atoms with E-state index in [-0.39, 0.29) is 18.2 Å². The summed E-state index contributed by atoms with van der Waals surface area (Å²) in [6, 6.07) is 8.75. The van der Waals surface area contributed by atoms with E-state index in [1.54, 1.807) is 6.07 Å². The van der Waals surface area contributed by atoms with Crippen molar-refractivity contribution in [1.29, 1.82) is 0 Å². The minimum Gasteiger partial charge on any atom is -0.486 e. The van der Waals surface area contributed by atoms with Gasteiger partial charge in [0.05, 0.1) is 7.11 Å². The molecule has 19 heavy (non-hydrogen) atoms. The molecule has 100 valence electrons. The smallest absolute Gasteiger partial charge is 0.310 e. The van der Waals surface area contributed by atoms with Gasteiger partial charge >= 0.3 is 5.91 Å². The van der Waals surface area contributed by atoms with E-state index in [1.807, 2.05) is 0 Å². The lowest BCUT2D eigenvalue weighted by Crippen LogP contribution is -2.21. The van der Waals surface area contributed by atoms with Gasteiger partial charge in [0.15, 0.2) is 5.76 Å². The number of ether oxygens (including phenoxy) is 1. The van der Waals surface area contributed by atoms with Crippen molar-refractivity contribution in [3.63, 3.8) is 0 Å². The van der Waals surface area contributed by atoms with Crippen molar-refractivity contribution in [3.05, 3.63) is 53.7 Å². The van der Waals surface area contributed by atoms with E-state index >= 15 is 0 Å². The van der Waals surface area contributed by atoms with Crippen molar-refractivity contribution in [1.82, 2.24) is 5.48 Å². The van der Waals surface area contributed by atoms with Crippen LogP contribution in [0, 0.1) is 5.82 Å². The van der Waals surface area contributed by atoms with Gasteiger partial charge in [-0.25, -0.2) is 9.87 Å². The Hall–Kier alpha value is -2.34. The maximum Gasteiger partial charge on any atom is 0.310 e. The molecule has 0 unspecified atom stereocenters. The maximum absolute atomic E-state index is 12.7. The molecule has 0 saturated carbocycles. The van der Waals surface area contributed by atoms with Gasteiger partial charge in [0.25, 0.3) is 0 Å². The number of amides is 1. The highest BCUT2D eigenvalue weighted by molar-refractivity contribution is 5.90. The summed E-state index contributed by atoms with van der Waals surface area (Å²) in [4.78, 5) is 15.8. The van der Waals surface area contributed by atoms with Gasteiger partial charge < -0.3 is 9.15 Å². The first-order valence-corrected chi connectivity index (χ1v) is 5.49. The van der Waals surface area contributed by atoms with Crippen molar-refractivity contribution >= 4 is 5.91 Å². The molecule has 2 aromatic rings. The van der Waals surface area contributed by atoms with Crippen LogP contribution in [-0.4, -0.2) is 13.0 Å². The number of hydrogen-bond donors (Lipinski definition) is 1. The Morgan fingerprint density at radius 2 is 2.00 bits per heavy atom. The Labute approximate surface area is 108 Å². The Kier molecular flexibility index (Phi) is 4.15. The molecule has 0 saturated heterocycles. The van der Waals surface area contributed by atoms with Gasteiger partial charge in [0.1, 0.15) is 23.9 Å². The van der Waals surface area contributed by atoms with Gasteiger partial charge in [-0.2, -0.15) is 0 Å². The highest BCUT2D eigenvalue weighted by Gasteiger charge is 2.10. The molecule has 1 amide bonds. The average Bonchev–Trinajstić information content (AvgIpc) is 2.87. The summed E-state index contributed by atoms with van der Waals surface area (Å²) in [5.41, 5.74) is 2.14. The van der Waals surface area contributed by atoms with Crippen molar-refractivity contribution in [2.45, 2.75) is 6.61 Å². The molecular weight excluding hydrogens is 253 g/mol. The fraction of sp³-hybridized carbons (Fsp3) is 0.154. The van der Waals surface area contributed by atoms with Crippen LogP contribution >= 0.6 is 0 Å². The zero-order chi connectivity index (χ0) is 13.7. The van der Waals surface area contributed by atoms with Crippen LogP contribution in [0.15, 0.2) is 40.8 Å². The largest absolute Gasteiger partial charge is 0.486 e. The molecule has 0 fully saturated rings. The normalized spacial score (nSPS) is 10.2. The predicted octanol–water partition coefficient (Wildman–Crippen LogP) is 2.29. The number of carbonyl (C=O) groups excluding carboxylic acids is 1. The lowest BCUT2D eigenvalue weighted by atomic mass is 10.3. The summed E-state index contributed by atoms with van der Waals surface area (Å²) in [6.45, 7) is 0.145. The molecule has 1 aromatic carbocycles. The predicted molar refractivity (Wildman–Crippen MR) is 63.9 cm³/mol. The van der Waals surface area contributed by atoms with Crippen LogP contribution in [0.1, 0.15) is 16.3 Å². The Balaban J connectivity index is 1.93. The van der Waals surface area contributed by atoms with Crippen LogP contribution in [-0.2, 0) is 11.4 Å². The second-order valence-electron chi connectivity index (χ2n) is 3.64. The quantitative estimate of drug-likeness (QED) is 0.842. The molecule has 5 nitrogen and oxygen atoms in total. The molecule has 0 bridgehead atoms. The van der Waals surface area contributed by atoms with E-state index < -0.39 is 5.91 Å². The third kappa shape index (κ3) is 3.56. The number of benzene rings is 1. The molecule has 6 heteroatoms. The number of furan rings is 1. The number of nitrogens with one attached hydrogen (secondary N) is 1. The molecule has 0 atom stereocenters. The molecule has 1 aromatic heterocycles. The zero-order valence-corrected chi connectivity index (χ0v) is 10.2. The second-order valence-corrected chi connectivity index (χ2v) is 3.64. The van der Waals surface area contributed by atoms with Crippen LogP contribution in [0.5, 0.6) is 5.75 Å². The standard InChI is InChI=1S/C13H12FNO4/c1-17-15-13(16)12-7-6-11(19-12)8-18-10-4-2-9(14)3-5-10/h2-7H,8H2,1H3,(H,15,16). The third-order valence-electron chi connectivity index (χ3n) is 2.27. The van der Waals surface area contributed by atoms with Gasteiger partial charge in [-0.05, 0) is 36.4 Å². The monoisotopic (exact) mass is 265 g/mol. The van der Waals surface area contributed by atoms with Gasteiger partial charge in [-0.1, -0.05) is 0 Å². The first kappa shape index (κ1) is 13.1. The first-order chi connectivity index (χ1) is 9.19. The van der Waals surface area contributed by atoms with Crippen LogP contribution < -0.4 is 10.2 Å². The van der Waals surface area contributed by atoms with Gasteiger partial charge in [-0.3, -0.25) is 9.63 Å². The molecule has 0 aliphatic carbocycles. The highest BCUT2D eigenvalue weighted by Crippen LogP contribution is 2.15. The van der Waals surface area contributed by atoms with E-state index in [1.165, 1.54) is 37.4 Å². The topological polar surface area (TPSA) is 60.7 Å². The second kappa shape index (κ2) is 6.01. The zero-order valence-electron chi connectivity index (χ0n) is 10.2. The third-order valence-corrected chi connectivity index (χ3v) is 2.27. The summed E-state index contributed by atoms with van der Waals surface area (Å²) in [5, 5.41) is 0. The number of halogens is 1. The Morgan fingerprint density at radius 3 is 2.68 bits per heavy atom. The molecule has 0 radical (unpaired) electrons. The molecule has 1 heterocycles. The first-order valence-electron chi connectivity index (χ1n) is 5.49. The lowest BCUT2D eigenvalue weighted by molar-refractivity contribution is 0.0506. The van der Waals surface area contributed by atoms with Crippen LogP contribution in [0.25, 0.3) is 0 Å². The van der Waals surface area contributed by atoms with E-state index in [2.05, 4.69) is 10.3 Å². The number of hydroxylamine groups is 1. The summed E-state index contributed by atoms with van der Waals surface area (Å²) in [5.74, 6) is 0.310. The average molecular weight is 265 g/mol. The van der Waals surface area contributed by atoms with Crippen molar-refractivity contribution in [3.8, 4) is 5.75 Å². The molecule has 0 spiro atoms. The van der Waals surface area contributed by atoms with Crippen molar-refractivity contribution in [2.24, 2.45) is 0 Å². The molecule has 1 N–H and O–H groups in total. The minimum atomic E-state index is -0.476. The molecular formula is C13H12FNO4. The number of rotatable bonds is 5. The Morgan fingerprint density at radius 1 is 1.26 bits per heavy atom. The minimum absolute atomic E-state index is 0.125. The summed E-state index contributed by atoms with van der Waals surface area (Å²) in [7, 11) is 1.33. The number of hydrogen-bond acceptors (Lipinski definition) is 4. The van der Waals surface area contributed by atoms with Crippen LogP contribution in [0.2, 0.25) is 0 Å². The maximum atomic E-state index is 12.7. The SMILES string of the molecule is CONC(=O)c1ccc(COc2ccc(F)cc2)o1. The molecule has 0 aliphatic rings. The van der Waals surface area contributed by atoms with E-state index in [0.717, 1.165) is 0 Å². The number of carbonyl (C=O) groups is 1. The molecule has 0 aliphatic heterocycles. The van der Waals surface area contributed by atoms with Crippen molar-refractivity contribution in [2.75, 3.05) is 7.11 Å². The fourth-order valence-electron chi connectivity index (χ4n) is 1.41. The van der Waals surface area contributed by atoms with Gasteiger partial charge in [0, 0.05) is 0 Å². The van der Waals surface area contributed by atoms with E-state index in [0.29, 0.717) is 11.5 Å².